The molecule has 1 heterocycles. The number of carbonyl (C=O) groups is 1. The van der Waals surface area contributed by atoms with E-state index in [4.69, 9.17) is 0 Å². The van der Waals surface area contributed by atoms with Crippen LogP contribution in [0.4, 0.5) is 10.1 Å². The van der Waals surface area contributed by atoms with Crippen LogP contribution in [0, 0.1) is 19.7 Å². The number of rotatable bonds is 3. The van der Waals surface area contributed by atoms with Crippen LogP contribution in [0.5, 0.6) is 0 Å². The van der Waals surface area contributed by atoms with Gasteiger partial charge in [0.2, 0.25) is 5.91 Å². The van der Waals surface area contributed by atoms with Gasteiger partial charge in [-0.15, -0.1) is 0 Å². The first-order valence-corrected chi connectivity index (χ1v) is 7.14. The van der Waals surface area contributed by atoms with E-state index in [9.17, 15) is 9.18 Å². The molecule has 0 saturated carbocycles. The monoisotopic (exact) mass is 296 g/mol. The number of carbonyl (C=O) groups excluding carboxylic acids is 1. The Kier molecular flexibility index (Phi) is 3.67. The van der Waals surface area contributed by atoms with Crippen LogP contribution in [0.1, 0.15) is 11.1 Å². The molecule has 1 amide bonds. The summed E-state index contributed by atoms with van der Waals surface area (Å²) in [5, 5.41) is 3.70. The van der Waals surface area contributed by atoms with Gasteiger partial charge in [0.15, 0.2) is 0 Å². The lowest BCUT2D eigenvalue weighted by Crippen LogP contribution is -2.18. The van der Waals surface area contributed by atoms with Gasteiger partial charge in [-0.1, -0.05) is 6.07 Å². The highest BCUT2D eigenvalue weighted by Gasteiger charge is 2.08. The van der Waals surface area contributed by atoms with E-state index in [0.717, 1.165) is 27.7 Å². The topological polar surface area (TPSA) is 34.0 Å². The summed E-state index contributed by atoms with van der Waals surface area (Å²) in [4.78, 5) is 12.2. The van der Waals surface area contributed by atoms with Crippen molar-refractivity contribution in [1.29, 1.82) is 0 Å². The summed E-state index contributed by atoms with van der Waals surface area (Å²) in [6, 6.07) is 12.3. The zero-order chi connectivity index (χ0) is 15.7. The minimum atomic E-state index is -0.273. The maximum Gasteiger partial charge on any atom is 0.244 e. The van der Waals surface area contributed by atoms with E-state index in [0.29, 0.717) is 0 Å². The van der Waals surface area contributed by atoms with Gasteiger partial charge in [0.05, 0.1) is 0 Å². The zero-order valence-corrected chi connectivity index (χ0v) is 12.6. The van der Waals surface area contributed by atoms with Crippen molar-refractivity contribution < 1.29 is 9.18 Å². The Morgan fingerprint density at radius 1 is 1.09 bits per heavy atom. The maximum absolute atomic E-state index is 13.2. The van der Waals surface area contributed by atoms with Gasteiger partial charge in [0, 0.05) is 22.8 Å². The lowest BCUT2D eigenvalue weighted by atomic mass is 10.1. The van der Waals surface area contributed by atoms with Crippen LogP contribution in [-0.2, 0) is 11.3 Å². The summed E-state index contributed by atoms with van der Waals surface area (Å²) < 4.78 is 15.0. The molecule has 2 aromatic carbocycles. The van der Waals surface area contributed by atoms with Crippen molar-refractivity contribution in [2.45, 2.75) is 20.4 Å². The summed E-state index contributed by atoms with van der Waals surface area (Å²) in [6.45, 7) is 4.19. The number of benzene rings is 2. The van der Waals surface area contributed by atoms with Gasteiger partial charge in [-0.25, -0.2) is 4.39 Å². The minimum absolute atomic E-state index is 0.105. The normalized spacial score (nSPS) is 10.9. The summed E-state index contributed by atoms with van der Waals surface area (Å²) in [5.41, 5.74) is 3.86. The second-order valence-corrected chi connectivity index (χ2v) is 5.57. The molecule has 0 fully saturated rings. The van der Waals surface area contributed by atoms with Crippen LogP contribution in [0.15, 0.2) is 48.7 Å². The van der Waals surface area contributed by atoms with E-state index in [1.807, 2.05) is 36.6 Å². The Morgan fingerprint density at radius 3 is 2.55 bits per heavy atom. The Bertz CT molecular complexity index is 831. The van der Waals surface area contributed by atoms with Gasteiger partial charge in [-0.3, -0.25) is 4.79 Å². The summed E-state index contributed by atoms with van der Waals surface area (Å²) >= 11 is 0. The van der Waals surface area contributed by atoms with Gasteiger partial charge in [0.25, 0.3) is 0 Å². The van der Waals surface area contributed by atoms with E-state index in [1.165, 1.54) is 12.1 Å². The number of hydrogen-bond acceptors (Lipinski definition) is 1. The fraction of sp³-hybridized carbons (Fsp3) is 0.167. The second kappa shape index (κ2) is 5.64. The Balaban J connectivity index is 1.78. The van der Waals surface area contributed by atoms with E-state index >= 15 is 0 Å². The number of nitrogens with zero attached hydrogens (tertiary/aromatic N) is 1. The molecule has 22 heavy (non-hydrogen) atoms. The molecule has 3 nitrogen and oxygen atoms in total. The SMILES string of the molecule is Cc1cc(C)cc(NC(=O)Cn2ccc3cc(F)ccc32)c1. The van der Waals surface area contributed by atoms with Crippen molar-refractivity contribution in [1.82, 2.24) is 4.57 Å². The van der Waals surface area contributed by atoms with Crippen LogP contribution in [-0.4, -0.2) is 10.5 Å². The number of nitrogens with one attached hydrogen (secondary N) is 1. The molecule has 0 bridgehead atoms. The zero-order valence-electron chi connectivity index (χ0n) is 12.6. The molecule has 0 spiro atoms. The molecule has 112 valence electrons. The predicted octanol–water partition coefficient (Wildman–Crippen LogP) is 4.04. The van der Waals surface area contributed by atoms with Gasteiger partial charge < -0.3 is 9.88 Å². The lowest BCUT2D eigenvalue weighted by molar-refractivity contribution is -0.116. The first kappa shape index (κ1) is 14.3. The van der Waals surface area contributed by atoms with Crippen molar-refractivity contribution in [2.75, 3.05) is 5.32 Å². The fourth-order valence-electron chi connectivity index (χ4n) is 2.71. The van der Waals surface area contributed by atoms with Crippen molar-refractivity contribution in [3.63, 3.8) is 0 Å². The molecule has 1 aromatic heterocycles. The molecule has 0 unspecified atom stereocenters. The average molecular weight is 296 g/mol. The summed E-state index contributed by atoms with van der Waals surface area (Å²) in [5.74, 6) is -0.378. The molecule has 0 aliphatic carbocycles. The number of halogens is 1. The quantitative estimate of drug-likeness (QED) is 0.777. The maximum atomic E-state index is 13.2. The smallest absolute Gasteiger partial charge is 0.244 e. The highest BCUT2D eigenvalue weighted by atomic mass is 19.1. The molecule has 0 saturated heterocycles. The van der Waals surface area contributed by atoms with E-state index in [-0.39, 0.29) is 18.3 Å². The molecular weight excluding hydrogens is 279 g/mol. The van der Waals surface area contributed by atoms with Crippen LogP contribution >= 0.6 is 0 Å². The van der Waals surface area contributed by atoms with Crippen LogP contribution < -0.4 is 5.32 Å². The Labute approximate surface area is 128 Å². The van der Waals surface area contributed by atoms with Crippen molar-refractivity contribution in [3.05, 3.63) is 65.6 Å². The van der Waals surface area contributed by atoms with Gasteiger partial charge in [-0.2, -0.15) is 0 Å². The molecule has 3 aromatic rings. The van der Waals surface area contributed by atoms with E-state index < -0.39 is 0 Å². The minimum Gasteiger partial charge on any atom is -0.338 e. The molecule has 0 aliphatic rings. The number of anilines is 1. The van der Waals surface area contributed by atoms with E-state index in [2.05, 4.69) is 11.4 Å². The third-order valence-corrected chi connectivity index (χ3v) is 3.55. The average Bonchev–Trinajstić information content (AvgIpc) is 2.79. The molecule has 0 radical (unpaired) electrons. The first-order chi connectivity index (χ1) is 10.5. The predicted molar refractivity (Wildman–Crippen MR) is 86.4 cm³/mol. The highest BCUT2D eigenvalue weighted by molar-refractivity contribution is 5.92. The van der Waals surface area contributed by atoms with Crippen molar-refractivity contribution in [2.24, 2.45) is 0 Å². The lowest BCUT2D eigenvalue weighted by Gasteiger charge is -2.09. The third-order valence-electron chi connectivity index (χ3n) is 3.55. The molecule has 0 aliphatic heterocycles. The molecular formula is C18H17FN2O. The third kappa shape index (κ3) is 3.01. The standard InChI is InChI=1S/C18H17FN2O/c1-12-7-13(2)9-16(8-12)20-18(22)11-21-6-5-14-10-15(19)3-4-17(14)21/h3-10H,11H2,1-2H3,(H,20,22). The van der Waals surface area contributed by atoms with Crippen LogP contribution in [0.2, 0.25) is 0 Å². The highest BCUT2D eigenvalue weighted by Crippen LogP contribution is 2.18. The number of hydrogen-bond donors (Lipinski definition) is 1. The first-order valence-electron chi connectivity index (χ1n) is 7.14. The number of aryl methyl sites for hydroxylation is 2. The molecule has 4 heteroatoms. The number of amides is 1. The van der Waals surface area contributed by atoms with Gasteiger partial charge in [-0.05, 0) is 61.4 Å². The molecule has 0 atom stereocenters. The number of aromatic nitrogens is 1. The second-order valence-electron chi connectivity index (χ2n) is 5.57. The van der Waals surface area contributed by atoms with Crippen LogP contribution in [0.25, 0.3) is 10.9 Å². The Hall–Kier alpha value is -2.62. The van der Waals surface area contributed by atoms with Gasteiger partial charge in [0.1, 0.15) is 12.4 Å². The number of fused-ring (bicyclic) bond motifs is 1. The largest absolute Gasteiger partial charge is 0.338 e. The fourth-order valence-corrected chi connectivity index (χ4v) is 2.71. The van der Waals surface area contributed by atoms with Crippen molar-refractivity contribution >= 4 is 22.5 Å². The van der Waals surface area contributed by atoms with E-state index in [1.54, 1.807) is 12.3 Å². The van der Waals surface area contributed by atoms with Gasteiger partial charge >= 0.3 is 0 Å². The Morgan fingerprint density at radius 2 is 1.82 bits per heavy atom. The van der Waals surface area contributed by atoms with Crippen LogP contribution in [0.3, 0.4) is 0 Å². The summed E-state index contributed by atoms with van der Waals surface area (Å²) in [7, 11) is 0. The summed E-state index contributed by atoms with van der Waals surface area (Å²) in [6.07, 6.45) is 1.80. The van der Waals surface area contributed by atoms with Crippen molar-refractivity contribution in [3.8, 4) is 0 Å². The molecule has 3 rings (SSSR count). The molecule has 1 N–H and O–H groups in total.